The molecule has 0 bridgehead atoms. The largest absolute Gasteiger partial charge is 0.311 e. The average Bonchev–Trinajstić information content (AvgIpc) is 2.46. The second-order valence-electron chi connectivity index (χ2n) is 6.18. The molecule has 1 aromatic carbocycles. The van der Waals surface area contributed by atoms with Crippen LogP contribution < -0.4 is 5.32 Å². The molecule has 4 atom stereocenters. The van der Waals surface area contributed by atoms with Crippen LogP contribution in [-0.4, -0.2) is 30.1 Å². The molecule has 2 nitrogen and oxygen atoms in total. The van der Waals surface area contributed by atoms with E-state index in [0.717, 1.165) is 18.7 Å². The van der Waals surface area contributed by atoms with E-state index in [1.54, 1.807) is 12.1 Å². The maximum Gasteiger partial charge on any atom is 0.123 e. The summed E-state index contributed by atoms with van der Waals surface area (Å²) in [7, 11) is 0. The third kappa shape index (κ3) is 3.39. The molecule has 1 N–H and O–H groups in total. The lowest BCUT2D eigenvalue weighted by Crippen LogP contribution is -2.57. The molecule has 1 fully saturated rings. The van der Waals surface area contributed by atoms with E-state index in [9.17, 15) is 4.39 Å². The van der Waals surface area contributed by atoms with E-state index in [1.165, 1.54) is 12.5 Å². The van der Waals surface area contributed by atoms with Gasteiger partial charge in [-0.25, -0.2) is 4.39 Å². The highest BCUT2D eigenvalue weighted by molar-refractivity contribution is 5.20. The van der Waals surface area contributed by atoms with Gasteiger partial charge in [-0.2, -0.15) is 0 Å². The van der Waals surface area contributed by atoms with E-state index in [0.29, 0.717) is 18.0 Å². The zero-order chi connectivity index (χ0) is 14.7. The Morgan fingerprint density at radius 1 is 1.40 bits per heavy atom. The molecule has 1 aliphatic heterocycles. The SMILES string of the molecule is CCC(C)C1CN(C(C)c2cccc(F)c2)C(C)CN1. The second-order valence-corrected chi connectivity index (χ2v) is 6.18. The van der Waals surface area contributed by atoms with Crippen molar-refractivity contribution in [2.24, 2.45) is 5.92 Å². The van der Waals surface area contributed by atoms with Crippen LogP contribution in [0.4, 0.5) is 4.39 Å². The van der Waals surface area contributed by atoms with Gasteiger partial charge in [-0.15, -0.1) is 0 Å². The average molecular weight is 278 g/mol. The first kappa shape index (κ1) is 15.5. The van der Waals surface area contributed by atoms with Gasteiger partial charge in [0.15, 0.2) is 0 Å². The molecule has 0 amide bonds. The van der Waals surface area contributed by atoms with Gasteiger partial charge in [0.1, 0.15) is 5.82 Å². The fourth-order valence-electron chi connectivity index (χ4n) is 3.07. The van der Waals surface area contributed by atoms with Crippen molar-refractivity contribution in [1.29, 1.82) is 0 Å². The molecule has 1 saturated heterocycles. The van der Waals surface area contributed by atoms with Crippen molar-refractivity contribution in [2.75, 3.05) is 13.1 Å². The highest BCUT2D eigenvalue weighted by Crippen LogP contribution is 2.26. The van der Waals surface area contributed by atoms with Gasteiger partial charge in [-0.1, -0.05) is 32.4 Å². The van der Waals surface area contributed by atoms with Crippen molar-refractivity contribution in [3.63, 3.8) is 0 Å². The minimum Gasteiger partial charge on any atom is -0.311 e. The molecule has 0 radical (unpaired) electrons. The van der Waals surface area contributed by atoms with Gasteiger partial charge >= 0.3 is 0 Å². The Labute approximate surface area is 122 Å². The number of benzene rings is 1. The van der Waals surface area contributed by atoms with E-state index >= 15 is 0 Å². The van der Waals surface area contributed by atoms with Crippen LogP contribution in [-0.2, 0) is 0 Å². The zero-order valence-electron chi connectivity index (χ0n) is 13.1. The lowest BCUT2D eigenvalue weighted by Gasteiger charge is -2.44. The Bertz CT molecular complexity index is 435. The lowest BCUT2D eigenvalue weighted by molar-refractivity contribution is 0.0818. The first-order chi connectivity index (χ1) is 9.52. The molecule has 2 rings (SSSR count). The first-order valence-corrected chi connectivity index (χ1v) is 7.77. The minimum atomic E-state index is -0.143. The van der Waals surface area contributed by atoms with Gasteiger partial charge < -0.3 is 5.32 Å². The highest BCUT2D eigenvalue weighted by Gasteiger charge is 2.31. The maximum absolute atomic E-state index is 13.4. The molecule has 0 aliphatic carbocycles. The predicted molar refractivity (Wildman–Crippen MR) is 82.2 cm³/mol. The van der Waals surface area contributed by atoms with E-state index in [2.05, 4.69) is 37.9 Å². The molecule has 3 heteroatoms. The summed E-state index contributed by atoms with van der Waals surface area (Å²) < 4.78 is 13.4. The molecule has 0 aromatic heterocycles. The zero-order valence-corrected chi connectivity index (χ0v) is 13.1. The van der Waals surface area contributed by atoms with Crippen LogP contribution in [0, 0.1) is 11.7 Å². The molecule has 1 aliphatic rings. The molecule has 0 saturated carbocycles. The monoisotopic (exact) mass is 278 g/mol. The minimum absolute atomic E-state index is 0.143. The molecule has 112 valence electrons. The lowest BCUT2D eigenvalue weighted by atomic mass is 9.93. The standard InChI is InChI=1S/C17H27FN2/c1-5-12(2)17-11-20(13(3)10-19-17)14(4)15-7-6-8-16(18)9-15/h6-9,12-14,17,19H,5,10-11H2,1-4H3. The van der Waals surface area contributed by atoms with Gasteiger partial charge in [-0.05, 0) is 37.5 Å². The van der Waals surface area contributed by atoms with Gasteiger partial charge in [-0.3, -0.25) is 4.90 Å². The second kappa shape index (κ2) is 6.68. The molecule has 0 spiro atoms. The van der Waals surface area contributed by atoms with Crippen LogP contribution in [0.1, 0.15) is 45.7 Å². The number of nitrogens with zero attached hydrogens (tertiary/aromatic N) is 1. The number of halogens is 1. The van der Waals surface area contributed by atoms with Crippen molar-refractivity contribution in [1.82, 2.24) is 10.2 Å². The van der Waals surface area contributed by atoms with Gasteiger partial charge in [0.25, 0.3) is 0 Å². The smallest absolute Gasteiger partial charge is 0.123 e. The van der Waals surface area contributed by atoms with Crippen LogP contribution in [0.2, 0.25) is 0 Å². The van der Waals surface area contributed by atoms with Crippen LogP contribution in [0.5, 0.6) is 0 Å². The number of piperazine rings is 1. The quantitative estimate of drug-likeness (QED) is 0.905. The van der Waals surface area contributed by atoms with Gasteiger partial charge in [0.2, 0.25) is 0 Å². The summed E-state index contributed by atoms with van der Waals surface area (Å²) in [6.07, 6.45) is 1.19. The van der Waals surface area contributed by atoms with Crippen molar-refractivity contribution in [2.45, 2.75) is 52.2 Å². The number of nitrogens with one attached hydrogen (secondary N) is 1. The summed E-state index contributed by atoms with van der Waals surface area (Å²) in [4.78, 5) is 2.50. The summed E-state index contributed by atoms with van der Waals surface area (Å²) in [6.45, 7) is 11.0. The molecule has 1 heterocycles. The van der Waals surface area contributed by atoms with E-state index in [-0.39, 0.29) is 11.9 Å². The summed E-state index contributed by atoms with van der Waals surface area (Å²) >= 11 is 0. The summed E-state index contributed by atoms with van der Waals surface area (Å²) in [5.74, 6) is 0.528. The van der Waals surface area contributed by atoms with Crippen LogP contribution in [0.3, 0.4) is 0 Å². The fraction of sp³-hybridized carbons (Fsp3) is 0.647. The molecule has 4 unspecified atom stereocenters. The fourth-order valence-corrected chi connectivity index (χ4v) is 3.07. The molecule has 1 aromatic rings. The van der Waals surface area contributed by atoms with Gasteiger partial charge in [0, 0.05) is 31.2 Å². The van der Waals surface area contributed by atoms with Crippen LogP contribution in [0.15, 0.2) is 24.3 Å². The highest BCUT2D eigenvalue weighted by atomic mass is 19.1. The van der Waals surface area contributed by atoms with Gasteiger partial charge in [0.05, 0.1) is 0 Å². The van der Waals surface area contributed by atoms with Crippen LogP contribution >= 0.6 is 0 Å². The van der Waals surface area contributed by atoms with Crippen molar-refractivity contribution >= 4 is 0 Å². The molecular formula is C17H27FN2. The summed E-state index contributed by atoms with van der Waals surface area (Å²) in [6, 6.07) is 8.29. The number of hydrogen-bond donors (Lipinski definition) is 1. The van der Waals surface area contributed by atoms with Crippen LogP contribution in [0.25, 0.3) is 0 Å². The Hall–Kier alpha value is -0.930. The van der Waals surface area contributed by atoms with Crippen molar-refractivity contribution in [3.05, 3.63) is 35.6 Å². The van der Waals surface area contributed by atoms with Crippen molar-refractivity contribution < 1.29 is 4.39 Å². The summed E-state index contributed by atoms with van der Waals surface area (Å²) in [5, 5.41) is 3.65. The maximum atomic E-state index is 13.4. The number of rotatable bonds is 4. The Morgan fingerprint density at radius 3 is 2.80 bits per heavy atom. The van der Waals surface area contributed by atoms with Crippen molar-refractivity contribution in [3.8, 4) is 0 Å². The third-order valence-electron chi connectivity index (χ3n) is 4.81. The predicted octanol–water partition coefficient (Wildman–Crippen LogP) is 3.60. The Balaban J connectivity index is 2.12. The Morgan fingerprint density at radius 2 is 2.15 bits per heavy atom. The summed E-state index contributed by atoms with van der Waals surface area (Å²) in [5.41, 5.74) is 1.07. The molecule has 20 heavy (non-hydrogen) atoms. The number of hydrogen-bond acceptors (Lipinski definition) is 2. The van der Waals surface area contributed by atoms with E-state index in [4.69, 9.17) is 0 Å². The first-order valence-electron chi connectivity index (χ1n) is 7.77. The third-order valence-corrected chi connectivity index (χ3v) is 4.81. The normalized spacial score (nSPS) is 27.2. The van der Waals surface area contributed by atoms with E-state index in [1.807, 2.05) is 6.07 Å². The molecular weight excluding hydrogens is 251 g/mol. The Kier molecular flexibility index (Phi) is 5.17. The van der Waals surface area contributed by atoms with E-state index < -0.39 is 0 Å². The topological polar surface area (TPSA) is 15.3 Å².